The molecule has 0 amide bonds. The molecule has 86 heavy (non-hydrogen) atoms. The Morgan fingerprint density at radius 2 is 0.674 bits per heavy atom. The molecule has 0 bridgehead atoms. The Hall–Kier alpha value is -11.0. The fourth-order valence-electron chi connectivity index (χ4n) is 17.1. The van der Waals surface area contributed by atoms with Crippen molar-refractivity contribution >= 4 is 150 Å². The zero-order valence-electron chi connectivity index (χ0n) is 46.5. The van der Waals surface area contributed by atoms with Crippen molar-refractivity contribution in [3.63, 3.8) is 0 Å². The number of aromatic nitrogens is 4. The number of para-hydroxylation sites is 6. The average Bonchev–Trinajstić information content (AvgIpc) is 1.48. The van der Waals surface area contributed by atoms with Gasteiger partial charge in [-0.05, 0) is 128 Å². The Balaban J connectivity index is 0.809. The molecule has 0 saturated carbocycles. The van der Waals surface area contributed by atoms with E-state index in [1.165, 1.54) is 165 Å². The zero-order chi connectivity index (χ0) is 55.6. The maximum atomic E-state index is 2.64. The minimum atomic E-state index is 0.0136. The van der Waals surface area contributed by atoms with Crippen LogP contribution in [-0.4, -0.2) is 31.7 Å². The van der Waals surface area contributed by atoms with Gasteiger partial charge in [0.25, 0.3) is 13.4 Å². The third-order valence-electron chi connectivity index (χ3n) is 20.2. The summed E-state index contributed by atoms with van der Waals surface area (Å²) in [6.45, 7) is 0.0432. The van der Waals surface area contributed by atoms with Crippen LogP contribution < -0.4 is 37.7 Å². The van der Waals surface area contributed by atoms with E-state index < -0.39 is 0 Å². The molecule has 4 aliphatic heterocycles. The van der Waals surface area contributed by atoms with Gasteiger partial charge in [0.15, 0.2) is 0 Å². The standard InChI is InChI=1S/C79H47B2N5/c1-5-21-47(22-6-1)71(48-23-7-2-8-24-48)55-41-42-60-78-72(55)53-29-13-15-35-62(53)83(78)65-37-19-39-67-74(65)80(60)58-33-17-31-51-56-45-57-52-32-18-34-59-77(52)86(70(57)46-69(56)85(67)76(51)58)68-40-20-38-66-75(68)81(59)61-43-44-64(73-54-30-14-16-36-63(54)84(66)79(61)73)82(49-25-9-3-10-26-49)50-27-11-4-12-28-50/h1-46,71H. The van der Waals surface area contributed by atoms with Gasteiger partial charge in [-0.25, -0.2) is 0 Å². The highest BCUT2D eigenvalue weighted by Crippen LogP contribution is 2.48. The highest BCUT2D eigenvalue weighted by molar-refractivity contribution is 7.01. The lowest BCUT2D eigenvalue weighted by Gasteiger charge is -2.34. The van der Waals surface area contributed by atoms with Gasteiger partial charge in [0.1, 0.15) is 0 Å². The summed E-state index contributed by atoms with van der Waals surface area (Å²) in [5.74, 6) is 0.0525. The average molecular weight is 1090 g/mol. The van der Waals surface area contributed by atoms with Crippen molar-refractivity contribution in [2.45, 2.75) is 5.92 Å². The van der Waals surface area contributed by atoms with E-state index in [4.69, 9.17) is 0 Å². The SMILES string of the molecule is c1ccc(C(c2ccccc2)c2ccc3c4c2c2ccccc2n4-c2cccc4c2B3c2cccc3c5cc6c7cccc8c7n(c6cc5n-4c23)-c2cccc3c2B8c2ccc(N(c4ccccc4)c4ccccc4)c4c5ccccc5n-3c24)cc1. The van der Waals surface area contributed by atoms with E-state index in [2.05, 4.69) is 302 Å². The van der Waals surface area contributed by atoms with Crippen molar-refractivity contribution in [3.8, 4) is 22.7 Å². The van der Waals surface area contributed by atoms with E-state index in [-0.39, 0.29) is 19.3 Å². The van der Waals surface area contributed by atoms with Gasteiger partial charge in [-0.1, -0.05) is 200 Å². The molecule has 0 radical (unpaired) electrons. The molecule has 0 N–H and O–H groups in total. The molecular weight excluding hydrogens is 1040 g/mol. The molecule has 4 aromatic heterocycles. The van der Waals surface area contributed by atoms with Crippen molar-refractivity contribution in [1.82, 2.24) is 18.3 Å². The maximum Gasteiger partial charge on any atom is 0.252 e. The second-order valence-corrected chi connectivity index (χ2v) is 24.2. The van der Waals surface area contributed by atoms with Gasteiger partial charge in [0, 0.05) is 99.7 Å². The normalized spacial score (nSPS) is 13.2. The predicted octanol–water partition coefficient (Wildman–Crippen LogP) is 15.0. The molecule has 13 aromatic carbocycles. The topological polar surface area (TPSA) is 23.0 Å². The first kappa shape index (κ1) is 45.5. The van der Waals surface area contributed by atoms with Gasteiger partial charge in [0.05, 0.1) is 33.3 Å². The second-order valence-electron chi connectivity index (χ2n) is 24.2. The minimum absolute atomic E-state index is 0.0136. The first-order chi connectivity index (χ1) is 42.8. The lowest BCUT2D eigenvalue weighted by molar-refractivity contribution is 0.990. The number of nitrogens with zero attached hydrogens (tertiary/aromatic N) is 5. The first-order valence-electron chi connectivity index (χ1n) is 30.2. The fourth-order valence-corrected chi connectivity index (χ4v) is 17.1. The van der Waals surface area contributed by atoms with Crippen LogP contribution in [0.5, 0.6) is 0 Å². The Morgan fingerprint density at radius 1 is 0.279 bits per heavy atom. The molecule has 7 heteroatoms. The second kappa shape index (κ2) is 16.4. The van der Waals surface area contributed by atoms with Gasteiger partial charge in [-0.15, -0.1) is 0 Å². The Bertz CT molecular complexity index is 5420. The summed E-state index contributed by atoms with van der Waals surface area (Å²) in [5.41, 5.74) is 30.6. The van der Waals surface area contributed by atoms with Crippen LogP contribution in [0.2, 0.25) is 0 Å². The fraction of sp³-hybridized carbons (Fsp3) is 0.0127. The van der Waals surface area contributed by atoms with Crippen LogP contribution in [0.25, 0.3) is 110 Å². The van der Waals surface area contributed by atoms with Crippen LogP contribution in [0, 0.1) is 0 Å². The van der Waals surface area contributed by atoms with Gasteiger partial charge < -0.3 is 23.2 Å². The quantitative estimate of drug-likeness (QED) is 0.120. The third-order valence-corrected chi connectivity index (χ3v) is 20.2. The Morgan fingerprint density at radius 3 is 1.19 bits per heavy atom. The van der Waals surface area contributed by atoms with E-state index in [1.807, 2.05) is 0 Å². The number of hydrogen-bond donors (Lipinski definition) is 0. The molecule has 0 spiro atoms. The molecule has 394 valence electrons. The minimum Gasteiger partial charge on any atom is -0.310 e. The van der Waals surface area contributed by atoms with E-state index >= 15 is 0 Å². The van der Waals surface area contributed by atoms with Gasteiger partial charge in [0.2, 0.25) is 0 Å². The summed E-state index contributed by atoms with van der Waals surface area (Å²) >= 11 is 0. The monoisotopic (exact) mass is 1090 g/mol. The maximum absolute atomic E-state index is 2.64. The largest absolute Gasteiger partial charge is 0.310 e. The van der Waals surface area contributed by atoms with Crippen LogP contribution in [0.1, 0.15) is 22.6 Å². The Labute approximate surface area is 495 Å². The molecule has 0 saturated heterocycles. The van der Waals surface area contributed by atoms with Crippen LogP contribution in [0.15, 0.2) is 279 Å². The molecule has 0 atom stereocenters. The van der Waals surface area contributed by atoms with Gasteiger partial charge >= 0.3 is 0 Å². The molecule has 4 aliphatic rings. The van der Waals surface area contributed by atoms with Crippen molar-refractivity contribution < 1.29 is 0 Å². The lowest BCUT2D eigenvalue weighted by atomic mass is 9.34. The van der Waals surface area contributed by atoms with Crippen LogP contribution in [0.4, 0.5) is 17.1 Å². The molecule has 21 rings (SSSR count). The van der Waals surface area contributed by atoms with E-state index in [0.717, 1.165) is 11.4 Å². The summed E-state index contributed by atoms with van der Waals surface area (Å²) in [6.07, 6.45) is 0. The Kier molecular flexibility index (Phi) is 8.68. The van der Waals surface area contributed by atoms with Gasteiger partial charge in [-0.3, -0.25) is 0 Å². The van der Waals surface area contributed by atoms with E-state index in [1.54, 1.807) is 0 Å². The number of fused-ring (bicyclic) bond motifs is 20. The molecule has 8 heterocycles. The van der Waals surface area contributed by atoms with Crippen LogP contribution in [0.3, 0.4) is 0 Å². The summed E-state index contributed by atoms with van der Waals surface area (Å²) in [7, 11) is 0. The number of hydrogen-bond acceptors (Lipinski definition) is 1. The number of anilines is 3. The lowest BCUT2D eigenvalue weighted by Crippen LogP contribution is -2.59. The van der Waals surface area contributed by atoms with Gasteiger partial charge in [-0.2, -0.15) is 0 Å². The highest BCUT2D eigenvalue weighted by Gasteiger charge is 2.44. The summed E-state index contributed by atoms with van der Waals surface area (Å²) in [4.78, 5) is 2.44. The highest BCUT2D eigenvalue weighted by atomic mass is 15.2. The molecule has 0 fully saturated rings. The van der Waals surface area contributed by atoms with Crippen molar-refractivity contribution in [2.24, 2.45) is 0 Å². The molecule has 0 aliphatic carbocycles. The number of rotatable bonds is 6. The number of benzene rings is 13. The summed E-state index contributed by atoms with van der Waals surface area (Å²) < 4.78 is 10.5. The molecule has 0 unspecified atom stereocenters. The first-order valence-corrected chi connectivity index (χ1v) is 30.2. The molecule has 5 nitrogen and oxygen atoms in total. The van der Waals surface area contributed by atoms with E-state index in [9.17, 15) is 0 Å². The van der Waals surface area contributed by atoms with Crippen LogP contribution in [-0.2, 0) is 0 Å². The molecular formula is C79H47B2N5. The van der Waals surface area contributed by atoms with E-state index in [0.29, 0.717) is 0 Å². The van der Waals surface area contributed by atoms with Crippen molar-refractivity contribution in [1.29, 1.82) is 0 Å². The third kappa shape index (κ3) is 5.55. The smallest absolute Gasteiger partial charge is 0.252 e. The zero-order valence-corrected chi connectivity index (χ0v) is 46.5. The van der Waals surface area contributed by atoms with Crippen molar-refractivity contribution in [2.75, 3.05) is 4.90 Å². The summed E-state index contributed by atoms with van der Waals surface area (Å²) in [6, 6.07) is 105. The summed E-state index contributed by atoms with van der Waals surface area (Å²) in [5, 5.41) is 10.3. The predicted molar refractivity (Wildman–Crippen MR) is 362 cm³/mol. The van der Waals surface area contributed by atoms with Crippen molar-refractivity contribution in [3.05, 3.63) is 296 Å². The van der Waals surface area contributed by atoms with Crippen LogP contribution >= 0.6 is 0 Å². The molecule has 17 aromatic rings.